The Morgan fingerprint density at radius 1 is 0.377 bits per heavy atom. The zero-order chi connectivity index (χ0) is 35.5. The Labute approximate surface area is 310 Å². The number of para-hydroxylation sites is 3. The van der Waals surface area contributed by atoms with E-state index in [4.69, 9.17) is 0 Å². The number of anilines is 3. The van der Waals surface area contributed by atoms with Gasteiger partial charge in [-0.15, -0.1) is 0 Å². The first-order valence-corrected chi connectivity index (χ1v) is 18.4. The summed E-state index contributed by atoms with van der Waals surface area (Å²) in [4.78, 5) is 2.38. The van der Waals surface area contributed by atoms with E-state index in [0.717, 1.165) is 17.1 Å². The van der Waals surface area contributed by atoms with Gasteiger partial charge in [-0.05, 0) is 105 Å². The van der Waals surface area contributed by atoms with Gasteiger partial charge < -0.3 is 9.47 Å². The molecule has 1 heterocycles. The third-order valence-corrected chi connectivity index (χ3v) is 11.2. The third kappa shape index (κ3) is 5.02. The van der Waals surface area contributed by atoms with Gasteiger partial charge in [0.05, 0.1) is 11.0 Å². The molecular formula is C51H38N2. The number of hydrogen-bond acceptors (Lipinski definition) is 1. The second-order valence-electron chi connectivity index (χ2n) is 14.6. The van der Waals surface area contributed by atoms with Crippen LogP contribution in [0.1, 0.15) is 25.0 Å². The summed E-state index contributed by atoms with van der Waals surface area (Å²) in [6.07, 6.45) is 0. The van der Waals surface area contributed by atoms with Gasteiger partial charge in [0, 0.05) is 38.9 Å². The van der Waals surface area contributed by atoms with E-state index in [1.807, 2.05) is 0 Å². The molecule has 0 N–H and O–H groups in total. The molecule has 8 aromatic carbocycles. The van der Waals surface area contributed by atoms with Crippen molar-refractivity contribution in [3.63, 3.8) is 0 Å². The van der Waals surface area contributed by atoms with Crippen LogP contribution in [0.2, 0.25) is 0 Å². The SMILES string of the molecule is CC1(C)c2cc(N(c3ccccc3)c3ccc(-c4ccccc4-c4ccccc4)cc3)ccc2-c2ccc(-n3c4ccccc4c4ccccc43)cc21. The van der Waals surface area contributed by atoms with E-state index in [-0.39, 0.29) is 5.41 Å². The van der Waals surface area contributed by atoms with Gasteiger partial charge in [-0.2, -0.15) is 0 Å². The predicted molar refractivity (Wildman–Crippen MR) is 224 cm³/mol. The molecule has 0 bridgehead atoms. The number of benzene rings is 8. The summed E-state index contributed by atoms with van der Waals surface area (Å²) < 4.78 is 2.43. The fourth-order valence-corrected chi connectivity index (χ4v) is 8.61. The molecule has 0 saturated heterocycles. The molecule has 2 nitrogen and oxygen atoms in total. The Morgan fingerprint density at radius 3 is 1.49 bits per heavy atom. The summed E-state index contributed by atoms with van der Waals surface area (Å²) in [7, 11) is 0. The second kappa shape index (κ2) is 12.3. The zero-order valence-corrected chi connectivity index (χ0v) is 29.9. The van der Waals surface area contributed by atoms with Crippen molar-refractivity contribution in [2.75, 3.05) is 4.90 Å². The van der Waals surface area contributed by atoms with Crippen molar-refractivity contribution in [2.45, 2.75) is 19.3 Å². The Morgan fingerprint density at radius 2 is 0.849 bits per heavy atom. The van der Waals surface area contributed by atoms with Crippen molar-refractivity contribution < 1.29 is 0 Å². The van der Waals surface area contributed by atoms with Crippen LogP contribution in [0, 0.1) is 0 Å². The minimum Gasteiger partial charge on any atom is -0.310 e. The van der Waals surface area contributed by atoms with Crippen LogP contribution in [-0.2, 0) is 5.41 Å². The molecule has 9 aromatic rings. The fraction of sp³-hybridized carbons (Fsp3) is 0.0588. The molecule has 0 radical (unpaired) electrons. The van der Waals surface area contributed by atoms with Gasteiger partial charge in [0.25, 0.3) is 0 Å². The number of fused-ring (bicyclic) bond motifs is 6. The van der Waals surface area contributed by atoms with E-state index in [0.29, 0.717) is 0 Å². The zero-order valence-electron chi connectivity index (χ0n) is 29.9. The first-order chi connectivity index (χ1) is 26.1. The molecule has 0 saturated carbocycles. The lowest BCUT2D eigenvalue weighted by molar-refractivity contribution is 0.660. The minimum absolute atomic E-state index is 0.192. The lowest BCUT2D eigenvalue weighted by atomic mass is 9.82. The summed E-state index contributed by atoms with van der Waals surface area (Å²) in [6, 6.07) is 70.7. The largest absolute Gasteiger partial charge is 0.310 e. The van der Waals surface area contributed by atoms with Crippen LogP contribution in [-0.4, -0.2) is 4.57 Å². The molecule has 252 valence electrons. The highest BCUT2D eigenvalue weighted by atomic mass is 15.1. The molecule has 0 unspecified atom stereocenters. The maximum atomic E-state index is 2.43. The maximum absolute atomic E-state index is 2.43. The standard InChI is InChI=1S/C51H38N2/c1-51(2)47-33-39(29-31-43(47)44-32-30-40(34-48(44)51)53-49-23-13-11-21-45(49)46-22-12-14-24-50(46)53)52(37-17-7-4-8-18-37)38-27-25-36(26-28-38)42-20-10-9-19-41(42)35-15-5-3-6-16-35/h3-34H,1-2H3. The van der Waals surface area contributed by atoms with Crippen LogP contribution in [0.5, 0.6) is 0 Å². The molecule has 1 aromatic heterocycles. The normalized spacial score (nSPS) is 12.9. The lowest BCUT2D eigenvalue weighted by Crippen LogP contribution is -2.17. The second-order valence-corrected chi connectivity index (χ2v) is 14.6. The van der Waals surface area contributed by atoms with Crippen molar-refractivity contribution in [1.82, 2.24) is 4.57 Å². The third-order valence-electron chi connectivity index (χ3n) is 11.2. The van der Waals surface area contributed by atoms with Crippen LogP contribution in [0.25, 0.3) is 60.9 Å². The van der Waals surface area contributed by atoms with Gasteiger partial charge in [-0.1, -0.05) is 147 Å². The summed E-state index contributed by atoms with van der Waals surface area (Å²) >= 11 is 0. The Balaban J connectivity index is 1.05. The van der Waals surface area contributed by atoms with Crippen LogP contribution in [0.4, 0.5) is 17.1 Å². The van der Waals surface area contributed by atoms with Gasteiger partial charge in [0.15, 0.2) is 0 Å². The lowest BCUT2D eigenvalue weighted by Gasteiger charge is -2.28. The van der Waals surface area contributed by atoms with E-state index in [1.165, 1.54) is 72.0 Å². The average molecular weight is 679 g/mol. The molecule has 2 heteroatoms. The van der Waals surface area contributed by atoms with Gasteiger partial charge in [0.2, 0.25) is 0 Å². The monoisotopic (exact) mass is 678 g/mol. The summed E-state index contributed by atoms with van der Waals surface area (Å²) in [5, 5.41) is 2.57. The number of aromatic nitrogens is 1. The number of rotatable bonds is 6. The van der Waals surface area contributed by atoms with Crippen molar-refractivity contribution in [3.05, 3.63) is 205 Å². The van der Waals surface area contributed by atoms with Crippen LogP contribution in [0.3, 0.4) is 0 Å². The average Bonchev–Trinajstić information content (AvgIpc) is 3.67. The van der Waals surface area contributed by atoms with E-state index in [2.05, 4.69) is 217 Å². The molecule has 0 atom stereocenters. The summed E-state index contributed by atoms with van der Waals surface area (Å²) in [5.74, 6) is 0. The predicted octanol–water partition coefficient (Wildman–Crippen LogP) is 13.9. The van der Waals surface area contributed by atoms with Crippen molar-refractivity contribution in [3.8, 4) is 39.1 Å². The first-order valence-electron chi connectivity index (χ1n) is 18.4. The highest BCUT2D eigenvalue weighted by molar-refractivity contribution is 6.09. The molecule has 1 aliphatic rings. The van der Waals surface area contributed by atoms with Gasteiger partial charge in [0.1, 0.15) is 0 Å². The maximum Gasteiger partial charge on any atom is 0.0541 e. The fourth-order valence-electron chi connectivity index (χ4n) is 8.61. The van der Waals surface area contributed by atoms with Crippen LogP contribution >= 0.6 is 0 Å². The van der Waals surface area contributed by atoms with Crippen molar-refractivity contribution >= 4 is 38.9 Å². The number of hydrogen-bond donors (Lipinski definition) is 0. The van der Waals surface area contributed by atoms with Gasteiger partial charge in [-0.25, -0.2) is 0 Å². The molecule has 0 aliphatic heterocycles. The van der Waals surface area contributed by atoms with Gasteiger partial charge >= 0.3 is 0 Å². The topological polar surface area (TPSA) is 8.17 Å². The first kappa shape index (κ1) is 31.1. The van der Waals surface area contributed by atoms with E-state index in [9.17, 15) is 0 Å². The molecule has 0 fully saturated rings. The Hall–Kier alpha value is -6.64. The molecule has 53 heavy (non-hydrogen) atoms. The summed E-state index contributed by atoms with van der Waals surface area (Å²) in [6.45, 7) is 4.76. The van der Waals surface area contributed by atoms with E-state index < -0.39 is 0 Å². The summed E-state index contributed by atoms with van der Waals surface area (Å²) in [5.41, 5.74) is 17.1. The van der Waals surface area contributed by atoms with Crippen molar-refractivity contribution in [2.24, 2.45) is 0 Å². The van der Waals surface area contributed by atoms with Crippen molar-refractivity contribution in [1.29, 1.82) is 0 Å². The molecule has 0 amide bonds. The van der Waals surface area contributed by atoms with Gasteiger partial charge in [-0.3, -0.25) is 0 Å². The molecule has 1 aliphatic carbocycles. The highest BCUT2D eigenvalue weighted by Gasteiger charge is 2.36. The molecule has 0 spiro atoms. The van der Waals surface area contributed by atoms with E-state index >= 15 is 0 Å². The molecule has 10 rings (SSSR count). The Bertz CT molecular complexity index is 2740. The van der Waals surface area contributed by atoms with Crippen LogP contribution < -0.4 is 4.90 Å². The quantitative estimate of drug-likeness (QED) is 0.170. The Kier molecular flexibility index (Phi) is 7.19. The van der Waals surface area contributed by atoms with E-state index in [1.54, 1.807) is 0 Å². The highest BCUT2D eigenvalue weighted by Crippen LogP contribution is 2.51. The smallest absolute Gasteiger partial charge is 0.0541 e. The minimum atomic E-state index is -0.192. The van der Waals surface area contributed by atoms with Crippen LogP contribution in [0.15, 0.2) is 194 Å². The molecular weight excluding hydrogens is 641 g/mol. The number of nitrogens with zero attached hydrogens (tertiary/aromatic N) is 2.